The summed E-state index contributed by atoms with van der Waals surface area (Å²) in [6.07, 6.45) is 1.03. The standard InChI is InChI=1S/C13H19N3.2C2H6/c1-10(7-11-5-3-2-4-6-11)13-15-9-12(8-14)16-13;2*1-2/h2-6,10,12H,7-9,14H2,1H3,(H,15,16);2*1-2H3. The maximum absolute atomic E-state index is 5.61. The van der Waals surface area contributed by atoms with Crippen molar-refractivity contribution >= 4 is 5.84 Å². The first-order valence-corrected chi connectivity index (χ1v) is 7.84. The molecule has 3 N–H and O–H groups in total. The molecule has 20 heavy (non-hydrogen) atoms. The number of aliphatic imine (C=N–C) groups is 1. The Morgan fingerprint density at radius 2 is 1.80 bits per heavy atom. The molecule has 0 aliphatic carbocycles. The van der Waals surface area contributed by atoms with Gasteiger partial charge in [0.1, 0.15) is 0 Å². The zero-order chi connectivity index (χ0) is 15.4. The van der Waals surface area contributed by atoms with Crippen molar-refractivity contribution in [3.05, 3.63) is 35.9 Å². The van der Waals surface area contributed by atoms with Crippen LogP contribution in [0, 0.1) is 5.92 Å². The zero-order valence-electron chi connectivity index (χ0n) is 13.7. The molecule has 0 aromatic heterocycles. The van der Waals surface area contributed by atoms with Gasteiger partial charge in [-0.3, -0.25) is 4.99 Å². The van der Waals surface area contributed by atoms with Crippen LogP contribution in [-0.2, 0) is 6.42 Å². The Morgan fingerprint density at radius 1 is 1.20 bits per heavy atom. The minimum absolute atomic E-state index is 0.341. The molecule has 2 atom stereocenters. The lowest BCUT2D eigenvalue weighted by Gasteiger charge is -2.14. The summed E-state index contributed by atoms with van der Waals surface area (Å²) in [6, 6.07) is 10.9. The molecule has 1 aliphatic rings. The fraction of sp³-hybridized carbons (Fsp3) is 0.588. The summed E-state index contributed by atoms with van der Waals surface area (Å²) < 4.78 is 0. The highest BCUT2D eigenvalue weighted by molar-refractivity contribution is 5.86. The molecular formula is C17H31N3. The second-order valence-corrected chi connectivity index (χ2v) is 4.39. The number of rotatable bonds is 4. The van der Waals surface area contributed by atoms with E-state index in [1.807, 2.05) is 33.8 Å². The summed E-state index contributed by atoms with van der Waals surface area (Å²) >= 11 is 0. The molecule has 1 aliphatic heterocycles. The van der Waals surface area contributed by atoms with Gasteiger partial charge in [0, 0.05) is 12.5 Å². The number of nitrogens with one attached hydrogen (secondary N) is 1. The maximum Gasteiger partial charge on any atom is 0.0999 e. The van der Waals surface area contributed by atoms with Crippen LogP contribution in [0.5, 0.6) is 0 Å². The van der Waals surface area contributed by atoms with E-state index in [0.717, 1.165) is 18.8 Å². The van der Waals surface area contributed by atoms with E-state index in [2.05, 4.69) is 41.5 Å². The predicted octanol–water partition coefficient (Wildman–Crippen LogP) is 3.25. The smallest absolute Gasteiger partial charge is 0.0999 e. The van der Waals surface area contributed by atoms with Gasteiger partial charge in [-0.25, -0.2) is 0 Å². The summed E-state index contributed by atoms with van der Waals surface area (Å²) in [6.45, 7) is 11.7. The monoisotopic (exact) mass is 277 g/mol. The fourth-order valence-corrected chi connectivity index (χ4v) is 2.00. The molecule has 3 heteroatoms. The van der Waals surface area contributed by atoms with Crippen molar-refractivity contribution in [3.63, 3.8) is 0 Å². The Morgan fingerprint density at radius 3 is 2.30 bits per heavy atom. The van der Waals surface area contributed by atoms with Gasteiger partial charge in [-0.2, -0.15) is 0 Å². The molecule has 0 spiro atoms. The fourth-order valence-electron chi connectivity index (χ4n) is 2.00. The van der Waals surface area contributed by atoms with Gasteiger partial charge in [-0.05, 0) is 12.0 Å². The van der Waals surface area contributed by atoms with Gasteiger partial charge in [-0.15, -0.1) is 0 Å². The van der Waals surface area contributed by atoms with Crippen LogP contribution in [0.4, 0.5) is 0 Å². The third-order valence-corrected chi connectivity index (χ3v) is 2.97. The van der Waals surface area contributed by atoms with Gasteiger partial charge in [0.15, 0.2) is 0 Å². The molecule has 0 fully saturated rings. The Hall–Kier alpha value is -1.35. The van der Waals surface area contributed by atoms with Gasteiger partial charge >= 0.3 is 0 Å². The topological polar surface area (TPSA) is 50.4 Å². The van der Waals surface area contributed by atoms with E-state index in [1.54, 1.807) is 0 Å². The van der Waals surface area contributed by atoms with Crippen molar-refractivity contribution in [1.29, 1.82) is 0 Å². The van der Waals surface area contributed by atoms with Gasteiger partial charge in [0.25, 0.3) is 0 Å². The van der Waals surface area contributed by atoms with Crippen molar-refractivity contribution in [1.82, 2.24) is 5.32 Å². The molecule has 2 rings (SSSR count). The van der Waals surface area contributed by atoms with Crippen LogP contribution >= 0.6 is 0 Å². The Bertz CT molecular complexity index is 360. The Labute approximate surface area is 124 Å². The van der Waals surface area contributed by atoms with Crippen molar-refractivity contribution in [2.75, 3.05) is 13.1 Å². The van der Waals surface area contributed by atoms with Gasteiger partial charge in [0.2, 0.25) is 0 Å². The maximum atomic E-state index is 5.61. The molecule has 114 valence electrons. The molecule has 0 bridgehead atoms. The first-order valence-electron chi connectivity index (χ1n) is 7.84. The molecule has 1 aromatic carbocycles. The quantitative estimate of drug-likeness (QED) is 0.887. The van der Waals surface area contributed by atoms with E-state index < -0.39 is 0 Å². The highest BCUT2D eigenvalue weighted by Crippen LogP contribution is 2.11. The SMILES string of the molecule is CC.CC.CC(Cc1ccccc1)C1=NCC(CN)N1. The normalized spacial score (nSPS) is 17.7. The van der Waals surface area contributed by atoms with E-state index in [0.29, 0.717) is 18.5 Å². The second kappa shape index (κ2) is 11.5. The van der Waals surface area contributed by atoms with Crippen LogP contribution in [0.25, 0.3) is 0 Å². The van der Waals surface area contributed by atoms with Gasteiger partial charge < -0.3 is 11.1 Å². The Balaban J connectivity index is 0.000000829. The van der Waals surface area contributed by atoms with Crippen molar-refractivity contribution in [3.8, 4) is 0 Å². The number of amidine groups is 1. The van der Waals surface area contributed by atoms with Crippen LogP contribution < -0.4 is 11.1 Å². The summed E-state index contributed by atoms with van der Waals surface area (Å²) in [5.41, 5.74) is 6.97. The molecule has 0 saturated carbocycles. The van der Waals surface area contributed by atoms with Crippen molar-refractivity contribution in [2.45, 2.75) is 47.1 Å². The average Bonchev–Trinajstić information content (AvgIpc) is 3.01. The van der Waals surface area contributed by atoms with E-state index >= 15 is 0 Å². The van der Waals surface area contributed by atoms with E-state index in [-0.39, 0.29) is 0 Å². The number of nitrogens with zero attached hydrogens (tertiary/aromatic N) is 1. The highest BCUT2D eigenvalue weighted by atomic mass is 15.1. The first kappa shape index (κ1) is 18.7. The number of hydrogen-bond donors (Lipinski definition) is 2. The Kier molecular flexibility index (Phi) is 10.7. The van der Waals surface area contributed by atoms with Crippen molar-refractivity contribution < 1.29 is 0 Å². The molecule has 0 radical (unpaired) electrons. The molecule has 2 unspecified atom stereocenters. The third-order valence-electron chi connectivity index (χ3n) is 2.97. The van der Waals surface area contributed by atoms with Gasteiger partial charge in [-0.1, -0.05) is 65.0 Å². The summed E-state index contributed by atoms with van der Waals surface area (Å²) in [5.74, 6) is 1.55. The number of nitrogens with two attached hydrogens (primary N) is 1. The summed E-state index contributed by atoms with van der Waals surface area (Å²) in [5, 5.41) is 3.39. The average molecular weight is 277 g/mol. The van der Waals surface area contributed by atoms with Crippen molar-refractivity contribution in [2.24, 2.45) is 16.6 Å². The summed E-state index contributed by atoms with van der Waals surface area (Å²) in [7, 11) is 0. The van der Waals surface area contributed by atoms with E-state index in [1.165, 1.54) is 5.56 Å². The summed E-state index contributed by atoms with van der Waals surface area (Å²) in [4.78, 5) is 4.51. The van der Waals surface area contributed by atoms with E-state index in [4.69, 9.17) is 5.73 Å². The minimum Gasteiger partial charge on any atom is -0.368 e. The zero-order valence-corrected chi connectivity index (χ0v) is 13.7. The van der Waals surface area contributed by atoms with Crippen LogP contribution in [-0.4, -0.2) is 25.0 Å². The van der Waals surface area contributed by atoms with Gasteiger partial charge in [0.05, 0.1) is 18.4 Å². The lowest BCUT2D eigenvalue weighted by molar-refractivity contribution is 0.648. The largest absolute Gasteiger partial charge is 0.368 e. The molecule has 1 aromatic rings. The molecule has 3 nitrogen and oxygen atoms in total. The second-order valence-electron chi connectivity index (χ2n) is 4.39. The van der Waals surface area contributed by atoms with E-state index in [9.17, 15) is 0 Å². The van der Waals surface area contributed by atoms with Crippen LogP contribution in [0.15, 0.2) is 35.3 Å². The first-order chi connectivity index (χ1) is 9.79. The van der Waals surface area contributed by atoms with Crippen LogP contribution in [0.2, 0.25) is 0 Å². The molecule has 1 heterocycles. The lowest BCUT2D eigenvalue weighted by atomic mass is 10.00. The minimum atomic E-state index is 0.341. The van der Waals surface area contributed by atoms with Crippen LogP contribution in [0.1, 0.15) is 40.2 Å². The number of hydrogen-bond acceptors (Lipinski definition) is 3. The molecule has 0 amide bonds. The molecular weight excluding hydrogens is 246 g/mol. The molecule has 0 saturated heterocycles. The van der Waals surface area contributed by atoms with Crippen LogP contribution in [0.3, 0.4) is 0 Å². The predicted molar refractivity (Wildman–Crippen MR) is 90.3 cm³/mol. The lowest BCUT2D eigenvalue weighted by Crippen LogP contribution is -2.39. The third kappa shape index (κ3) is 6.20. The highest BCUT2D eigenvalue weighted by Gasteiger charge is 2.20. The number of benzene rings is 1.